The van der Waals surface area contributed by atoms with Gasteiger partial charge in [0.05, 0.1) is 0 Å². The molecule has 0 spiro atoms. The molecule has 1 fully saturated rings. The fraction of sp³-hybridized carbons (Fsp3) is 0.400. The highest BCUT2D eigenvalue weighted by molar-refractivity contribution is 5.36. The maximum absolute atomic E-state index is 12.9. The molecule has 0 saturated heterocycles. The van der Waals surface area contributed by atoms with Gasteiger partial charge < -0.3 is 10.8 Å². The zero-order chi connectivity index (χ0) is 10.3. The zero-order valence-corrected chi connectivity index (χ0v) is 7.56. The summed E-state index contributed by atoms with van der Waals surface area (Å²) in [4.78, 5) is 0. The highest BCUT2D eigenvalue weighted by Gasteiger charge is 2.39. The van der Waals surface area contributed by atoms with Gasteiger partial charge in [-0.25, -0.2) is 8.78 Å². The van der Waals surface area contributed by atoms with Gasteiger partial charge in [0.15, 0.2) is 11.6 Å². The van der Waals surface area contributed by atoms with Crippen LogP contribution in [0.1, 0.15) is 18.4 Å². The van der Waals surface area contributed by atoms with E-state index < -0.39 is 17.4 Å². The molecule has 0 amide bonds. The van der Waals surface area contributed by atoms with Crippen molar-refractivity contribution in [1.29, 1.82) is 0 Å². The Morgan fingerprint density at radius 1 is 1.36 bits per heavy atom. The first-order chi connectivity index (χ1) is 6.50. The molecule has 1 aromatic carbocycles. The highest BCUT2D eigenvalue weighted by Crippen LogP contribution is 2.38. The Morgan fingerprint density at radius 2 is 2.00 bits per heavy atom. The molecule has 0 aliphatic heterocycles. The second-order valence-electron chi connectivity index (χ2n) is 3.93. The molecule has 1 aliphatic rings. The maximum Gasteiger partial charge on any atom is 0.168 e. The lowest BCUT2D eigenvalue weighted by atomic mass is 10.0. The summed E-state index contributed by atoms with van der Waals surface area (Å²) in [5.74, 6) is -2.09. The molecule has 1 aliphatic carbocycles. The Labute approximate surface area is 80.4 Å². The number of hydrogen-bond acceptors (Lipinski definition) is 2. The molecule has 0 unspecified atom stereocenters. The first kappa shape index (κ1) is 9.40. The predicted octanol–water partition coefficient (Wildman–Crippen LogP) is 1.70. The number of phenols is 1. The second-order valence-corrected chi connectivity index (χ2v) is 3.93. The molecule has 3 N–H and O–H groups in total. The van der Waals surface area contributed by atoms with Gasteiger partial charge in [-0.3, -0.25) is 0 Å². The van der Waals surface area contributed by atoms with Gasteiger partial charge in [0, 0.05) is 17.2 Å². The van der Waals surface area contributed by atoms with E-state index in [2.05, 4.69) is 0 Å². The first-order valence-corrected chi connectivity index (χ1v) is 4.46. The first-order valence-electron chi connectivity index (χ1n) is 4.46. The molecule has 1 saturated carbocycles. The number of rotatable bonds is 2. The largest absolute Gasteiger partial charge is 0.505 e. The van der Waals surface area contributed by atoms with Crippen LogP contribution >= 0.6 is 0 Å². The summed E-state index contributed by atoms with van der Waals surface area (Å²) in [6.45, 7) is 0. The quantitative estimate of drug-likeness (QED) is 0.761. The van der Waals surface area contributed by atoms with Crippen molar-refractivity contribution < 1.29 is 13.9 Å². The maximum atomic E-state index is 12.9. The minimum Gasteiger partial charge on any atom is -0.505 e. The molecule has 0 radical (unpaired) electrons. The van der Waals surface area contributed by atoms with E-state index >= 15 is 0 Å². The van der Waals surface area contributed by atoms with E-state index in [0.717, 1.165) is 18.9 Å². The van der Waals surface area contributed by atoms with Gasteiger partial charge in [-0.2, -0.15) is 0 Å². The Morgan fingerprint density at radius 3 is 2.57 bits per heavy atom. The molecule has 1 aromatic rings. The van der Waals surface area contributed by atoms with Crippen molar-refractivity contribution in [3.05, 3.63) is 29.3 Å². The summed E-state index contributed by atoms with van der Waals surface area (Å²) >= 11 is 0. The fourth-order valence-corrected chi connectivity index (χ4v) is 1.47. The van der Waals surface area contributed by atoms with Crippen molar-refractivity contribution in [2.45, 2.75) is 24.8 Å². The van der Waals surface area contributed by atoms with Crippen LogP contribution in [-0.2, 0) is 6.42 Å². The highest BCUT2D eigenvalue weighted by atomic mass is 19.1. The summed E-state index contributed by atoms with van der Waals surface area (Å²) in [7, 11) is 0. The molecule has 0 bridgehead atoms. The lowest BCUT2D eigenvalue weighted by Gasteiger charge is -2.10. The van der Waals surface area contributed by atoms with Crippen LogP contribution in [0.4, 0.5) is 8.78 Å². The second kappa shape index (κ2) is 2.92. The van der Waals surface area contributed by atoms with E-state index in [0.29, 0.717) is 12.5 Å². The summed E-state index contributed by atoms with van der Waals surface area (Å²) in [6, 6.07) is 1.79. The van der Waals surface area contributed by atoms with Crippen LogP contribution < -0.4 is 5.73 Å². The van der Waals surface area contributed by atoms with Gasteiger partial charge >= 0.3 is 0 Å². The smallest absolute Gasteiger partial charge is 0.168 e. The van der Waals surface area contributed by atoms with Crippen LogP contribution in [0.15, 0.2) is 12.1 Å². The van der Waals surface area contributed by atoms with Crippen molar-refractivity contribution in [1.82, 2.24) is 0 Å². The van der Waals surface area contributed by atoms with Gasteiger partial charge in [-0.15, -0.1) is 0 Å². The van der Waals surface area contributed by atoms with Crippen molar-refractivity contribution in [3.8, 4) is 5.75 Å². The molecule has 76 valence electrons. The third kappa shape index (κ3) is 1.70. The van der Waals surface area contributed by atoms with Gasteiger partial charge in [-0.05, 0) is 25.3 Å². The summed E-state index contributed by atoms with van der Waals surface area (Å²) in [6.07, 6.45) is 2.00. The average molecular weight is 199 g/mol. The number of nitrogens with two attached hydrogens (primary N) is 1. The van der Waals surface area contributed by atoms with E-state index in [1.54, 1.807) is 0 Å². The van der Waals surface area contributed by atoms with Gasteiger partial charge in [-0.1, -0.05) is 0 Å². The normalized spacial score (nSPS) is 18.2. The van der Waals surface area contributed by atoms with Crippen LogP contribution in [0, 0.1) is 11.6 Å². The molecule has 4 heteroatoms. The molecular weight excluding hydrogens is 188 g/mol. The molecule has 2 rings (SSSR count). The van der Waals surface area contributed by atoms with E-state index in [4.69, 9.17) is 5.73 Å². The molecule has 2 nitrogen and oxygen atoms in total. The van der Waals surface area contributed by atoms with Crippen LogP contribution in [0.25, 0.3) is 0 Å². The van der Waals surface area contributed by atoms with Gasteiger partial charge in [0.25, 0.3) is 0 Å². The third-order valence-electron chi connectivity index (χ3n) is 2.54. The zero-order valence-electron chi connectivity index (χ0n) is 7.56. The minimum absolute atomic E-state index is 0.252. The lowest BCUT2D eigenvalue weighted by Crippen LogP contribution is -2.24. The summed E-state index contributed by atoms with van der Waals surface area (Å²) in [5, 5.41) is 9.32. The van der Waals surface area contributed by atoms with Crippen LogP contribution in [0.3, 0.4) is 0 Å². The van der Waals surface area contributed by atoms with Gasteiger partial charge in [0.2, 0.25) is 0 Å². The molecule has 14 heavy (non-hydrogen) atoms. The summed E-state index contributed by atoms with van der Waals surface area (Å²) in [5.41, 5.74) is 5.68. The number of halogens is 2. The molecule has 0 aromatic heterocycles. The van der Waals surface area contributed by atoms with Gasteiger partial charge in [0.1, 0.15) is 5.82 Å². The van der Waals surface area contributed by atoms with E-state index in [1.165, 1.54) is 0 Å². The minimum atomic E-state index is -0.927. The lowest BCUT2D eigenvalue weighted by molar-refractivity contribution is 0.417. The Bertz CT molecular complexity index is 375. The number of phenolic OH excluding ortho intramolecular Hbond substituents is 1. The van der Waals surface area contributed by atoms with Crippen molar-refractivity contribution in [2.24, 2.45) is 5.73 Å². The number of aromatic hydroxyl groups is 1. The fourth-order valence-electron chi connectivity index (χ4n) is 1.47. The standard InChI is InChI=1S/C10H11F2NO/c11-7-3-6(5-10(13)1-2-10)9(14)8(12)4-7/h3-4,14H,1-2,5,13H2. The summed E-state index contributed by atoms with van der Waals surface area (Å²) < 4.78 is 25.7. The Balaban J connectivity index is 2.32. The number of benzene rings is 1. The Hall–Kier alpha value is -1.16. The third-order valence-corrected chi connectivity index (χ3v) is 2.54. The van der Waals surface area contributed by atoms with Crippen molar-refractivity contribution in [3.63, 3.8) is 0 Å². The van der Waals surface area contributed by atoms with Crippen molar-refractivity contribution >= 4 is 0 Å². The predicted molar refractivity (Wildman–Crippen MR) is 47.9 cm³/mol. The van der Waals surface area contributed by atoms with Crippen molar-refractivity contribution in [2.75, 3.05) is 0 Å². The van der Waals surface area contributed by atoms with Crippen LogP contribution in [0.5, 0.6) is 5.75 Å². The van der Waals surface area contributed by atoms with E-state index in [1.807, 2.05) is 0 Å². The molecule has 0 heterocycles. The number of hydrogen-bond donors (Lipinski definition) is 2. The Kier molecular flexibility index (Phi) is 1.96. The SMILES string of the molecule is NC1(Cc2cc(F)cc(F)c2O)CC1. The molecular formula is C10H11F2NO. The van der Waals surface area contributed by atoms with Crippen LogP contribution in [0.2, 0.25) is 0 Å². The van der Waals surface area contributed by atoms with E-state index in [-0.39, 0.29) is 11.1 Å². The molecule has 0 atom stereocenters. The van der Waals surface area contributed by atoms with Crippen LogP contribution in [-0.4, -0.2) is 10.6 Å². The topological polar surface area (TPSA) is 46.2 Å². The monoisotopic (exact) mass is 199 g/mol. The van der Waals surface area contributed by atoms with E-state index in [9.17, 15) is 13.9 Å². The average Bonchev–Trinajstić information content (AvgIpc) is 2.79.